The van der Waals surface area contributed by atoms with E-state index in [-0.39, 0.29) is 30.2 Å². The largest absolute Gasteiger partial charge is 0.351 e. The van der Waals surface area contributed by atoms with Crippen molar-refractivity contribution in [3.05, 3.63) is 0 Å². The van der Waals surface area contributed by atoms with Crippen LogP contribution in [-0.2, 0) is 4.79 Å². The summed E-state index contributed by atoms with van der Waals surface area (Å²) < 4.78 is 0. The lowest BCUT2D eigenvalue weighted by Crippen LogP contribution is -2.52. The van der Waals surface area contributed by atoms with Crippen LogP contribution in [0.5, 0.6) is 0 Å². The van der Waals surface area contributed by atoms with E-state index in [1.807, 2.05) is 0 Å². The second-order valence-corrected chi connectivity index (χ2v) is 5.90. The van der Waals surface area contributed by atoms with Crippen LogP contribution in [0.15, 0.2) is 0 Å². The Morgan fingerprint density at radius 1 is 1.05 bits per heavy atom. The van der Waals surface area contributed by atoms with Gasteiger partial charge in [0.05, 0.1) is 6.04 Å². The second-order valence-electron chi connectivity index (χ2n) is 5.90. The van der Waals surface area contributed by atoms with Gasteiger partial charge >= 0.3 is 6.03 Å². The minimum Gasteiger partial charge on any atom is -0.351 e. The van der Waals surface area contributed by atoms with E-state index >= 15 is 0 Å². The number of hydrogen-bond donors (Lipinski definition) is 2. The molecule has 5 nitrogen and oxygen atoms in total. The van der Waals surface area contributed by atoms with Crippen molar-refractivity contribution in [2.24, 2.45) is 23.3 Å². The molecule has 1 saturated heterocycles. The molecule has 1 unspecified atom stereocenters. The third-order valence-electron chi connectivity index (χ3n) is 4.70. The SMILES string of the molecule is Cl.NCC1CCC(C(=O)C2CCCCN2C(N)=O)CC1. The maximum Gasteiger partial charge on any atom is 0.315 e. The van der Waals surface area contributed by atoms with Gasteiger partial charge in [-0.1, -0.05) is 0 Å². The van der Waals surface area contributed by atoms with E-state index in [0.717, 1.165) is 51.5 Å². The second kappa shape index (κ2) is 7.84. The highest BCUT2D eigenvalue weighted by Gasteiger charge is 2.36. The Morgan fingerprint density at radius 3 is 2.25 bits per heavy atom. The number of halogens is 1. The van der Waals surface area contributed by atoms with E-state index in [9.17, 15) is 9.59 Å². The lowest BCUT2D eigenvalue weighted by atomic mass is 9.77. The molecule has 2 aliphatic rings. The van der Waals surface area contributed by atoms with Gasteiger partial charge in [-0.05, 0) is 57.4 Å². The number of amides is 2. The Bertz CT molecular complexity index is 343. The molecule has 20 heavy (non-hydrogen) atoms. The number of piperidine rings is 1. The Hall–Kier alpha value is -0.810. The van der Waals surface area contributed by atoms with Crippen molar-refractivity contribution in [2.45, 2.75) is 51.0 Å². The average Bonchev–Trinajstić information content (AvgIpc) is 2.46. The molecule has 1 heterocycles. The Labute approximate surface area is 126 Å². The van der Waals surface area contributed by atoms with E-state index in [1.54, 1.807) is 4.90 Å². The molecule has 2 amide bonds. The van der Waals surface area contributed by atoms with Crippen LogP contribution in [0.2, 0.25) is 0 Å². The van der Waals surface area contributed by atoms with Crippen molar-refractivity contribution >= 4 is 24.2 Å². The summed E-state index contributed by atoms with van der Waals surface area (Å²) in [5.74, 6) is 0.907. The predicted molar refractivity (Wildman–Crippen MR) is 80.7 cm³/mol. The minimum absolute atomic E-state index is 0. The zero-order chi connectivity index (χ0) is 13.8. The molecule has 2 fully saturated rings. The van der Waals surface area contributed by atoms with Gasteiger partial charge in [0.15, 0.2) is 5.78 Å². The molecular weight excluding hydrogens is 278 g/mol. The molecule has 116 valence electrons. The van der Waals surface area contributed by atoms with E-state index in [4.69, 9.17) is 11.5 Å². The molecule has 1 aliphatic carbocycles. The summed E-state index contributed by atoms with van der Waals surface area (Å²) in [5.41, 5.74) is 11.1. The zero-order valence-corrected chi connectivity index (χ0v) is 12.7. The van der Waals surface area contributed by atoms with Crippen LogP contribution in [0, 0.1) is 11.8 Å². The van der Waals surface area contributed by atoms with E-state index in [1.165, 1.54) is 0 Å². The first kappa shape index (κ1) is 17.2. The summed E-state index contributed by atoms with van der Waals surface area (Å²) in [4.78, 5) is 25.6. The minimum atomic E-state index is -0.450. The fourth-order valence-corrected chi connectivity index (χ4v) is 3.45. The van der Waals surface area contributed by atoms with Gasteiger partial charge in [-0.25, -0.2) is 4.79 Å². The quantitative estimate of drug-likeness (QED) is 0.831. The topological polar surface area (TPSA) is 89.4 Å². The summed E-state index contributed by atoms with van der Waals surface area (Å²) in [6.45, 7) is 1.35. The van der Waals surface area contributed by atoms with Crippen LogP contribution in [0.1, 0.15) is 44.9 Å². The number of nitrogens with two attached hydrogens (primary N) is 2. The van der Waals surface area contributed by atoms with Crippen molar-refractivity contribution in [3.8, 4) is 0 Å². The van der Waals surface area contributed by atoms with Crippen molar-refractivity contribution < 1.29 is 9.59 Å². The Morgan fingerprint density at radius 2 is 1.70 bits per heavy atom. The summed E-state index contributed by atoms with van der Waals surface area (Å²) >= 11 is 0. The van der Waals surface area contributed by atoms with Crippen molar-refractivity contribution in [2.75, 3.05) is 13.1 Å². The first-order valence-corrected chi connectivity index (χ1v) is 7.43. The van der Waals surface area contributed by atoms with Crippen molar-refractivity contribution in [3.63, 3.8) is 0 Å². The Kier molecular flexibility index (Phi) is 6.76. The van der Waals surface area contributed by atoms with Crippen molar-refractivity contribution in [1.29, 1.82) is 0 Å². The molecule has 1 aliphatic heterocycles. The van der Waals surface area contributed by atoms with Gasteiger partial charge in [-0.2, -0.15) is 0 Å². The normalized spacial score (nSPS) is 30.4. The number of nitrogens with zero attached hydrogens (tertiary/aromatic N) is 1. The van der Waals surface area contributed by atoms with Crippen LogP contribution in [-0.4, -0.2) is 35.8 Å². The summed E-state index contributed by atoms with van der Waals surface area (Å²) in [7, 11) is 0. The molecule has 0 spiro atoms. The van der Waals surface area contributed by atoms with Gasteiger partial charge in [0.1, 0.15) is 0 Å². The maximum absolute atomic E-state index is 12.6. The van der Waals surface area contributed by atoms with Crippen LogP contribution in [0.3, 0.4) is 0 Å². The van der Waals surface area contributed by atoms with Gasteiger partial charge in [0.25, 0.3) is 0 Å². The maximum atomic E-state index is 12.6. The summed E-state index contributed by atoms with van der Waals surface area (Å²) in [6.07, 6.45) is 6.66. The van der Waals surface area contributed by atoms with Gasteiger partial charge < -0.3 is 16.4 Å². The van der Waals surface area contributed by atoms with E-state index in [2.05, 4.69) is 0 Å². The third-order valence-corrected chi connectivity index (χ3v) is 4.70. The smallest absolute Gasteiger partial charge is 0.315 e. The standard InChI is InChI=1S/C14H25N3O2.ClH/c15-9-10-4-6-11(7-5-10)13(18)12-3-1-2-8-17(12)14(16)19;/h10-12H,1-9,15H2,(H2,16,19);1H. The summed E-state index contributed by atoms with van der Waals surface area (Å²) in [6, 6.07) is -0.723. The lowest BCUT2D eigenvalue weighted by molar-refractivity contribution is -0.129. The lowest BCUT2D eigenvalue weighted by Gasteiger charge is -2.37. The number of primary amides is 1. The number of likely N-dealkylation sites (tertiary alicyclic amines) is 1. The molecule has 0 aromatic carbocycles. The first-order chi connectivity index (χ1) is 9.13. The van der Waals surface area contributed by atoms with E-state index in [0.29, 0.717) is 12.5 Å². The van der Waals surface area contributed by atoms with Gasteiger partial charge in [-0.3, -0.25) is 4.79 Å². The van der Waals surface area contributed by atoms with Crippen LogP contribution in [0.25, 0.3) is 0 Å². The van der Waals surface area contributed by atoms with Crippen LogP contribution >= 0.6 is 12.4 Å². The highest BCUT2D eigenvalue weighted by Crippen LogP contribution is 2.31. The number of Topliss-reactive ketones (excluding diaryl/α,β-unsaturated/α-hetero) is 1. The highest BCUT2D eigenvalue weighted by atomic mass is 35.5. The average molecular weight is 304 g/mol. The predicted octanol–water partition coefficient (Wildman–Crippen LogP) is 1.68. The first-order valence-electron chi connectivity index (χ1n) is 7.43. The number of urea groups is 1. The molecule has 0 radical (unpaired) electrons. The highest BCUT2D eigenvalue weighted by molar-refractivity contribution is 5.90. The number of carbonyl (C=O) groups excluding carboxylic acids is 2. The fraction of sp³-hybridized carbons (Fsp3) is 0.857. The van der Waals surface area contributed by atoms with Crippen LogP contribution < -0.4 is 11.5 Å². The number of rotatable bonds is 3. The monoisotopic (exact) mass is 303 g/mol. The van der Waals surface area contributed by atoms with Gasteiger partial charge in [0.2, 0.25) is 0 Å². The van der Waals surface area contributed by atoms with Crippen LogP contribution in [0.4, 0.5) is 4.79 Å². The molecule has 0 aromatic rings. The summed E-state index contributed by atoms with van der Waals surface area (Å²) in [5, 5.41) is 0. The molecule has 4 N–H and O–H groups in total. The number of ketones is 1. The molecule has 2 rings (SSSR count). The molecule has 0 aromatic heterocycles. The third kappa shape index (κ3) is 3.85. The molecule has 1 saturated carbocycles. The molecular formula is C14H26ClN3O2. The zero-order valence-electron chi connectivity index (χ0n) is 11.9. The number of hydrogen-bond acceptors (Lipinski definition) is 3. The van der Waals surface area contributed by atoms with Crippen molar-refractivity contribution in [1.82, 2.24) is 4.90 Å². The van der Waals surface area contributed by atoms with Gasteiger partial charge in [-0.15, -0.1) is 12.4 Å². The number of carbonyl (C=O) groups is 2. The van der Waals surface area contributed by atoms with Gasteiger partial charge in [0, 0.05) is 12.5 Å². The Balaban J connectivity index is 0.00000200. The van der Waals surface area contributed by atoms with E-state index < -0.39 is 6.03 Å². The molecule has 6 heteroatoms. The molecule has 1 atom stereocenters. The fourth-order valence-electron chi connectivity index (χ4n) is 3.45. The molecule has 0 bridgehead atoms.